The average Bonchev–Trinajstić information content (AvgIpc) is 2.76. The van der Waals surface area contributed by atoms with Gasteiger partial charge in [-0.2, -0.15) is 0 Å². The summed E-state index contributed by atoms with van der Waals surface area (Å²) in [4.78, 5) is 0. The molecule has 164 valence electrons. The molecule has 0 spiro atoms. The van der Waals surface area contributed by atoms with Crippen LogP contribution in [0.2, 0.25) is 0 Å². The van der Waals surface area contributed by atoms with Gasteiger partial charge >= 0.3 is 0 Å². The second-order valence-electron chi connectivity index (χ2n) is 9.49. The molecular weight excluding hydrogens is 503 g/mol. The zero-order valence-corrected chi connectivity index (χ0v) is 21.8. The minimum absolute atomic E-state index is 0. The van der Waals surface area contributed by atoms with E-state index in [1.54, 1.807) is 0 Å². The van der Waals surface area contributed by atoms with Crippen molar-refractivity contribution in [3.8, 4) is 0 Å². The topological polar surface area (TPSA) is 0 Å². The number of hydrogen-bond donors (Lipinski definition) is 0. The molecule has 3 fully saturated rings. The normalized spacial score (nSPS) is 29.8. The molecule has 1 aromatic carbocycles. The van der Waals surface area contributed by atoms with E-state index in [1.807, 2.05) is 0 Å². The summed E-state index contributed by atoms with van der Waals surface area (Å²) in [6.07, 6.45) is 18.7. The van der Waals surface area contributed by atoms with Crippen LogP contribution in [-0.4, -0.2) is 27.1 Å². The number of rotatable bonds is 4. The van der Waals surface area contributed by atoms with Crippen LogP contribution in [0.4, 0.5) is 0 Å². The second kappa shape index (κ2) is 11.0. The van der Waals surface area contributed by atoms with Gasteiger partial charge in [0.1, 0.15) is 0 Å². The summed E-state index contributed by atoms with van der Waals surface area (Å²) in [7, 11) is 0. The van der Waals surface area contributed by atoms with Gasteiger partial charge in [-0.05, 0) is 55.4 Å². The summed E-state index contributed by atoms with van der Waals surface area (Å²) in [5, 5.41) is 0.139. The molecule has 1 aromatic rings. The van der Waals surface area contributed by atoms with Gasteiger partial charge in [0.05, 0.1) is 9.99 Å². The van der Waals surface area contributed by atoms with Gasteiger partial charge in [-0.15, -0.1) is 23.2 Å². The van der Waals surface area contributed by atoms with Crippen LogP contribution in [0.3, 0.4) is 0 Å². The second-order valence-corrected chi connectivity index (χ2v) is 15.1. The van der Waals surface area contributed by atoms with Crippen molar-refractivity contribution >= 4 is 35.9 Å². The predicted molar refractivity (Wildman–Crippen MR) is 129 cm³/mol. The molecule has 0 heterocycles. The summed E-state index contributed by atoms with van der Waals surface area (Å²) >= 11 is 15.0. The number of hydrogen-bond acceptors (Lipinski definition) is 0. The third-order valence-electron chi connectivity index (χ3n) is 7.88. The average molecular weight is 541 g/mol. The Hall–Kier alpha value is 0.723. The molecule has 29 heavy (non-hydrogen) atoms. The molecule has 4 heteroatoms. The summed E-state index contributed by atoms with van der Waals surface area (Å²) in [6.45, 7) is -1.60. The van der Waals surface area contributed by atoms with Crippen molar-refractivity contribution in [2.45, 2.75) is 111 Å². The molecule has 0 nitrogen and oxygen atoms in total. The first kappa shape index (κ1) is 24.4. The van der Waals surface area contributed by atoms with Crippen LogP contribution in [0.5, 0.6) is 0 Å². The Balaban J connectivity index is 0.00000240. The molecule has 2 atom stereocenters. The predicted octanol–water partition coefficient (Wildman–Crippen LogP) is 8.63. The van der Waals surface area contributed by atoms with Gasteiger partial charge in [0.15, 0.2) is 0 Å². The number of benzene rings is 1. The van der Waals surface area contributed by atoms with Crippen molar-refractivity contribution in [2.24, 2.45) is 0 Å². The maximum Gasteiger partial charge on any atom is 0.0806 e. The van der Waals surface area contributed by atoms with Crippen molar-refractivity contribution in [3.63, 3.8) is 0 Å². The van der Waals surface area contributed by atoms with Crippen molar-refractivity contribution in [2.75, 3.05) is 0 Å². The Morgan fingerprint density at radius 3 is 1.79 bits per heavy atom. The van der Waals surface area contributed by atoms with Crippen LogP contribution in [0.1, 0.15) is 95.5 Å². The fourth-order valence-corrected chi connectivity index (χ4v) is 15.2. The van der Waals surface area contributed by atoms with Gasteiger partial charge in [-0.25, -0.2) is 0 Å². The smallest absolute Gasteiger partial charge is 0.0806 e. The Morgan fingerprint density at radius 1 is 0.759 bits per heavy atom. The van der Waals surface area contributed by atoms with Crippen molar-refractivity contribution in [1.82, 2.24) is 0 Å². The Bertz CT molecular complexity index is 657. The van der Waals surface area contributed by atoms with E-state index in [2.05, 4.69) is 36.1 Å². The third kappa shape index (κ3) is 4.90. The summed E-state index contributed by atoms with van der Waals surface area (Å²) in [5.74, 6) is 2.76. The Morgan fingerprint density at radius 2 is 1.28 bits per heavy atom. The molecule has 0 saturated heterocycles. The molecule has 0 radical (unpaired) electrons. The molecule has 0 N–H and O–H groups in total. The first-order valence-electron chi connectivity index (χ1n) is 11.8. The summed E-state index contributed by atoms with van der Waals surface area (Å²) < 4.78 is -0.188. The van der Waals surface area contributed by atoms with Gasteiger partial charge in [0.2, 0.25) is 0 Å². The van der Waals surface area contributed by atoms with Crippen molar-refractivity contribution in [3.05, 3.63) is 35.9 Å². The molecule has 0 bridgehead atoms. The monoisotopic (exact) mass is 540 g/mol. The first-order valence-corrected chi connectivity index (χ1v) is 14.6. The van der Waals surface area contributed by atoms with Crippen LogP contribution in [0.25, 0.3) is 0 Å². The van der Waals surface area contributed by atoms with Crippen molar-refractivity contribution < 1.29 is 19.5 Å². The molecule has 2 unspecified atom stereocenters. The summed E-state index contributed by atoms with van der Waals surface area (Å²) in [6, 6.07) is 11.2. The minimum Gasteiger partial charge on any atom is -0.121 e. The van der Waals surface area contributed by atoms with E-state index in [0.717, 1.165) is 24.2 Å². The van der Waals surface area contributed by atoms with Crippen molar-refractivity contribution in [1.29, 1.82) is 0 Å². The molecule has 0 amide bonds. The van der Waals surface area contributed by atoms with E-state index >= 15 is 0 Å². The minimum atomic E-state index is -1.60. The van der Waals surface area contributed by atoms with Crippen LogP contribution >= 0.6 is 30.1 Å². The van der Waals surface area contributed by atoms with Crippen LogP contribution in [0, 0.1) is 0 Å². The fourth-order valence-electron chi connectivity index (χ4n) is 6.54. The Labute approximate surface area is 201 Å². The number of halogens is 2. The van der Waals surface area contributed by atoms with E-state index in [1.165, 1.54) is 82.6 Å². The SMILES string of the molecule is ClC1CCCCC1(Cl)P(=Cc1ccccc1)(C1CCCCC1)C1CCCCC1.[Ru]. The standard InChI is InChI=1S/C25H37Cl2P.Ru/c26-24-18-10-11-19-25(24,27)28(22-14-6-2-7-15-22,23-16-8-3-9-17-23)20-21-12-4-1-5-13-21;/h1,4-5,12-13,20,22-24H,2-3,6-11,14-19H2;. The molecule has 3 aliphatic rings. The molecular formula is C25H37Cl2PRu. The zero-order valence-electron chi connectivity index (χ0n) is 17.7. The van der Waals surface area contributed by atoms with Crippen LogP contribution < -0.4 is 0 Å². The molecule has 3 saturated carbocycles. The van der Waals surface area contributed by atoms with Gasteiger partial charge < -0.3 is 0 Å². The summed E-state index contributed by atoms with van der Waals surface area (Å²) in [5.41, 5.74) is 2.99. The van der Waals surface area contributed by atoms with E-state index < -0.39 is 6.89 Å². The first-order chi connectivity index (χ1) is 13.7. The van der Waals surface area contributed by atoms with Crippen LogP contribution in [0.15, 0.2) is 30.3 Å². The molecule has 0 aliphatic heterocycles. The fraction of sp³-hybridized carbons (Fsp3) is 0.720. The quantitative estimate of drug-likeness (QED) is 0.204. The van der Waals surface area contributed by atoms with E-state index in [4.69, 9.17) is 23.2 Å². The maximum atomic E-state index is 7.85. The Kier molecular flexibility index (Phi) is 9.27. The maximum absolute atomic E-state index is 7.85. The van der Waals surface area contributed by atoms with E-state index in [0.29, 0.717) is 0 Å². The van der Waals surface area contributed by atoms with Gasteiger partial charge in [-0.1, -0.05) is 94.4 Å². The van der Waals surface area contributed by atoms with E-state index in [-0.39, 0.29) is 29.5 Å². The number of alkyl halides is 2. The van der Waals surface area contributed by atoms with Gasteiger partial charge in [0, 0.05) is 19.5 Å². The largest absolute Gasteiger partial charge is 0.121 e. The molecule has 4 rings (SSSR count). The van der Waals surface area contributed by atoms with E-state index in [9.17, 15) is 0 Å². The van der Waals surface area contributed by atoms with Gasteiger partial charge in [-0.3, -0.25) is 0 Å². The van der Waals surface area contributed by atoms with Gasteiger partial charge in [0.25, 0.3) is 0 Å². The molecule has 3 aliphatic carbocycles. The van der Waals surface area contributed by atoms with Crippen LogP contribution in [-0.2, 0) is 19.5 Å². The zero-order chi connectivity index (χ0) is 19.5. The third-order valence-corrected chi connectivity index (χ3v) is 16.1. The molecule has 0 aromatic heterocycles.